The Bertz CT molecular complexity index is 558. The molecule has 0 aliphatic rings. The van der Waals surface area contributed by atoms with Gasteiger partial charge in [0.25, 0.3) is 0 Å². The van der Waals surface area contributed by atoms with Gasteiger partial charge in [-0.1, -0.05) is 53.5 Å². The molecule has 0 radical (unpaired) electrons. The molecule has 1 aromatic heterocycles. The first-order valence-electron chi connectivity index (χ1n) is 5.90. The Hall–Kier alpha value is -1.45. The summed E-state index contributed by atoms with van der Waals surface area (Å²) in [7, 11) is 3.73. The van der Waals surface area contributed by atoms with Gasteiger partial charge in [0.05, 0.1) is 10.0 Å². The first-order valence-corrected chi connectivity index (χ1v) is 6.66. The van der Waals surface area contributed by atoms with Crippen LogP contribution in [-0.4, -0.2) is 19.1 Å². The number of anilines is 2. The average molecular weight is 296 g/mol. The van der Waals surface area contributed by atoms with E-state index in [4.69, 9.17) is 23.2 Å². The van der Waals surface area contributed by atoms with Gasteiger partial charge in [0.1, 0.15) is 11.6 Å². The zero-order chi connectivity index (χ0) is 13.8. The van der Waals surface area contributed by atoms with Crippen molar-refractivity contribution in [3.63, 3.8) is 0 Å². The SMILES string of the molecule is CNc1nc(N(C)Cc2ccccc2)c(Cl)cc1Cl. The third-order valence-electron chi connectivity index (χ3n) is 2.77. The summed E-state index contributed by atoms with van der Waals surface area (Å²) >= 11 is 12.2. The average Bonchev–Trinajstić information content (AvgIpc) is 2.40. The second-order valence-corrected chi connectivity index (χ2v) is 5.03. The van der Waals surface area contributed by atoms with Crippen molar-refractivity contribution in [2.24, 2.45) is 0 Å². The van der Waals surface area contributed by atoms with Gasteiger partial charge in [-0.15, -0.1) is 0 Å². The molecule has 0 bridgehead atoms. The highest BCUT2D eigenvalue weighted by atomic mass is 35.5. The predicted octanol–water partition coefficient (Wildman–Crippen LogP) is 4.07. The second kappa shape index (κ2) is 6.13. The molecule has 1 heterocycles. The lowest BCUT2D eigenvalue weighted by Crippen LogP contribution is -2.18. The van der Waals surface area contributed by atoms with E-state index in [1.54, 1.807) is 13.1 Å². The number of nitrogens with one attached hydrogen (secondary N) is 1. The molecule has 100 valence electrons. The number of nitrogens with zero attached hydrogens (tertiary/aromatic N) is 2. The van der Waals surface area contributed by atoms with Crippen LogP contribution in [0.4, 0.5) is 11.6 Å². The lowest BCUT2D eigenvalue weighted by Gasteiger charge is -2.20. The number of halogens is 2. The lowest BCUT2D eigenvalue weighted by molar-refractivity contribution is 0.899. The molecule has 1 N–H and O–H groups in total. The Balaban J connectivity index is 2.26. The normalized spacial score (nSPS) is 10.3. The Morgan fingerprint density at radius 1 is 1.16 bits per heavy atom. The number of rotatable bonds is 4. The minimum absolute atomic E-state index is 0.518. The largest absolute Gasteiger partial charge is 0.372 e. The molecule has 0 aliphatic carbocycles. The number of pyridine rings is 1. The van der Waals surface area contributed by atoms with Crippen molar-refractivity contribution in [3.05, 3.63) is 52.0 Å². The van der Waals surface area contributed by atoms with Crippen molar-refractivity contribution >= 4 is 34.8 Å². The van der Waals surface area contributed by atoms with Crippen molar-refractivity contribution in [1.29, 1.82) is 0 Å². The highest BCUT2D eigenvalue weighted by Crippen LogP contribution is 2.31. The summed E-state index contributed by atoms with van der Waals surface area (Å²) in [5, 5.41) is 4.02. The van der Waals surface area contributed by atoms with Crippen molar-refractivity contribution in [2.45, 2.75) is 6.54 Å². The Morgan fingerprint density at radius 2 is 1.84 bits per heavy atom. The number of aromatic nitrogens is 1. The molecule has 2 rings (SSSR count). The van der Waals surface area contributed by atoms with Crippen molar-refractivity contribution in [3.8, 4) is 0 Å². The third kappa shape index (κ3) is 3.31. The maximum absolute atomic E-state index is 6.20. The molecule has 3 nitrogen and oxygen atoms in total. The molecule has 0 unspecified atom stereocenters. The summed E-state index contributed by atoms with van der Waals surface area (Å²) in [5.41, 5.74) is 1.20. The molecule has 0 saturated carbocycles. The summed E-state index contributed by atoms with van der Waals surface area (Å²) in [6, 6.07) is 11.9. The molecule has 0 fully saturated rings. The number of hydrogen-bond donors (Lipinski definition) is 1. The van der Waals surface area contributed by atoms with Crippen LogP contribution in [0.5, 0.6) is 0 Å². The third-order valence-corrected chi connectivity index (χ3v) is 3.34. The Labute approximate surface area is 123 Å². The van der Waals surface area contributed by atoms with Crippen LogP contribution >= 0.6 is 23.2 Å². The van der Waals surface area contributed by atoms with Gasteiger partial charge >= 0.3 is 0 Å². The summed E-state index contributed by atoms with van der Waals surface area (Å²) in [6.07, 6.45) is 0. The van der Waals surface area contributed by atoms with Crippen molar-refractivity contribution in [1.82, 2.24) is 4.98 Å². The van der Waals surface area contributed by atoms with Crippen molar-refractivity contribution < 1.29 is 0 Å². The fourth-order valence-corrected chi connectivity index (χ4v) is 2.43. The van der Waals surface area contributed by atoms with Crippen LogP contribution in [0.1, 0.15) is 5.56 Å². The standard InChI is InChI=1S/C14H15Cl2N3/c1-17-13-11(15)8-12(16)14(18-13)19(2)9-10-6-4-3-5-7-10/h3-8H,9H2,1-2H3,(H,17,18). The van der Waals surface area contributed by atoms with E-state index < -0.39 is 0 Å². The fourth-order valence-electron chi connectivity index (χ4n) is 1.83. The molecule has 0 aliphatic heterocycles. The predicted molar refractivity (Wildman–Crippen MR) is 82.4 cm³/mol. The van der Waals surface area contributed by atoms with Crippen molar-refractivity contribution in [2.75, 3.05) is 24.3 Å². The van der Waals surface area contributed by atoms with E-state index >= 15 is 0 Å². The minimum atomic E-state index is 0.518. The van der Waals surface area contributed by atoms with Gasteiger partial charge in [-0.05, 0) is 11.6 Å². The van der Waals surface area contributed by atoms with Crippen LogP contribution in [0.25, 0.3) is 0 Å². The van der Waals surface area contributed by atoms with E-state index in [-0.39, 0.29) is 0 Å². The van der Waals surface area contributed by atoms with Gasteiger partial charge in [0, 0.05) is 20.6 Å². The second-order valence-electron chi connectivity index (χ2n) is 4.22. The zero-order valence-electron chi connectivity index (χ0n) is 10.8. The Kier molecular flexibility index (Phi) is 4.51. The molecular formula is C14H15Cl2N3. The van der Waals surface area contributed by atoms with Gasteiger partial charge in [-0.2, -0.15) is 0 Å². The summed E-state index contributed by atoms with van der Waals surface area (Å²) in [4.78, 5) is 6.43. The van der Waals surface area contributed by atoms with E-state index in [1.165, 1.54) is 5.56 Å². The summed E-state index contributed by atoms with van der Waals surface area (Å²) in [5.74, 6) is 1.33. The molecule has 1 aromatic carbocycles. The molecule has 2 aromatic rings. The molecule has 0 spiro atoms. The topological polar surface area (TPSA) is 28.2 Å². The van der Waals surface area contributed by atoms with Crippen LogP contribution in [0, 0.1) is 0 Å². The molecule has 19 heavy (non-hydrogen) atoms. The maximum atomic E-state index is 6.20. The highest BCUT2D eigenvalue weighted by Gasteiger charge is 2.12. The molecule has 0 atom stereocenters. The van der Waals surface area contributed by atoms with Gasteiger partial charge in [-0.25, -0.2) is 4.98 Å². The number of hydrogen-bond acceptors (Lipinski definition) is 3. The lowest BCUT2D eigenvalue weighted by atomic mass is 10.2. The summed E-state index contributed by atoms with van der Waals surface area (Å²) < 4.78 is 0. The van der Waals surface area contributed by atoms with E-state index in [0.29, 0.717) is 21.7 Å². The van der Waals surface area contributed by atoms with Crippen LogP contribution in [0.3, 0.4) is 0 Å². The molecule has 0 amide bonds. The first kappa shape index (κ1) is 14.0. The van der Waals surface area contributed by atoms with Crippen LogP contribution in [0.2, 0.25) is 10.0 Å². The zero-order valence-corrected chi connectivity index (χ0v) is 12.3. The van der Waals surface area contributed by atoms with Crippen LogP contribution in [-0.2, 0) is 6.54 Å². The quantitative estimate of drug-likeness (QED) is 0.922. The van der Waals surface area contributed by atoms with Crippen LogP contribution in [0.15, 0.2) is 36.4 Å². The van der Waals surface area contributed by atoms with E-state index in [2.05, 4.69) is 22.4 Å². The van der Waals surface area contributed by atoms with Gasteiger partial charge < -0.3 is 10.2 Å². The van der Waals surface area contributed by atoms with Crippen LogP contribution < -0.4 is 10.2 Å². The monoisotopic (exact) mass is 295 g/mol. The molecule has 5 heteroatoms. The highest BCUT2D eigenvalue weighted by molar-refractivity contribution is 6.37. The smallest absolute Gasteiger partial charge is 0.149 e. The summed E-state index contributed by atoms with van der Waals surface area (Å²) in [6.45, 7) is 0.734. The maximum Gasteiger partial charge on any atom is 0.149 e. The molecule has 0 saturated heterocycles. The minimum Gasteiger partial charge on any atom is -0.372 e. The number of benzene rings is 1. The Morgan fingerprint density at radius 3 is 2.47 bits per heavy atom. The van der Waals surface area contributed by atoms with E-state index in [9.17, 15) is 0 Å². The first-order chi connectivity index (χ1) is 9.11. The van der Waals surface area contributed by atoms with E-state index in [0.717, 1.165) is 6.54 Å². The van der Waals surface area contributed by atoms with Gasteiger partial charge in [0.15, 0.2) is 0 Å². The fraction of sp³-hybridized carbons (Fsp3) is 0.214. The molecular weight excluding hydrogens is 281 g/mol. The van der Waals surface area contributed by atoms with Gasteiger partial charge in [0.2, 0.25) is 0 Å². The van der Waals surface area contributed by atoms with Gasteiger partial charge in [-0.3, -0.25) is 0 Å². The van der Waals surface area contributed by atoms with E-state index in [1.807, 2.05) is 30.1 Å².